The normalized spacial score (nSPS) is 11.4. The van der Waals surface area contributed by atoms with Crippen LogP contribution in [0.15, 0.2) is 297 Å². The maximum Gasteiger partial charge on any atom is 0.131 e. The summed E-state index contributed by atoms with van der Waals surface area (Å²) >= 11 is 0. The van der Waals surface area contributed by atoms with Crippen LogP contribution in [-0.4, -0.2) is 9.13 Å². The van der Waals surface area contributed by atoms with E-state index < -0.39 is 0 Å². The molecule has 0 aliphatic carbocycles. The van der Waals surface area contributed by atoms with Crippen molar-refractivity contribution in [2.75, 3.05) is 9.80 Å². The lowest BCUT2D eigenvalue weighted by Crippen LogP contribution is -2.10. The zero-order valence-electron chi connectivity index (χ0n) is 42.0. The highest BCUT2D eigenvalue weighted by atomic mass is 19.1. The Bertz CT molecular complexity index is 4430. The van der Waals surface area contributed by atoms with Crippen LogP contribution in [0.2, 0.25) is 0 Å². The molecular formula is C72H49FN4. The van der Waals surface area contributed by atoms with Crippen molar-refractivity contribution < 1.29 is 4.39 Å². The van der Waals surface area contributed by atoms with Crippen molar-refractivity contribution in [2.45, 2.75) is 0 Å². The van der Waals surface area contributed by atoms with E-state index in [1.54, 1.807) is 6.07 Å². The van der Waals surface area contributed by atoms with Crippen LogP contribution in [0.1, 0.15) is 0 Å². The topological polar surface area (TPSA) is 16.3 Å². The first-order valence-electron chi connectivity index (χ1n) is 26.1. The number of nitrogens with zero attached hydrogens (tertiary/aromatic N) is 4. The van der Waals surface area contributed by atoms with E-state index in [9.17, 15) is 0 Å². The molecule has 0 unspecified atom stereocenters. The first-order valence-corrected chi connectivity index (χ1v) is 26.1. The molecule has 0 saturated carbocycles. The molecule has 0 atom stereocenters. The molecule has 0 radical (unpaired) electrons. The van der Waals surface area contributed by atoms with Gasteiger partial charge in [0, 0.05) is 72.6 Å². The van der Waals surface area contributed by atoms with Crippen molar-refractivity contribution in [3.8, 4) is 44.8 Å². The maximum atomic E-state index is 15.8. The average Bonchev–Trinajstić information content (AvgIpc) is 4.05. The standard InChI is InChI=1S/C72H49FN4/c73-68-43-40-60(47-65(68)53-20-7-2-8-21-53)75(62-42-45-72-67(49-62)64-29-14-16-31-70(64)77(72)56-25-11-4-12-26-56)58-38-34-52(35-39-58)51-32-36-57(37-33-51)74(59-27-17-22-54(46-59)50-18-5-1-6-19-50)61-41-44-71-66(48-61)63-28-13-15-30-69(63)76(71)55-23-9-3-10-24-55/h1-49H. The number of aromatic nitrogens is 2. The molecule has 2 heterocycles. The van der Waals surface area contributed by atoms with Gasteiger partial charge in [0.1, 0.15) is 5.82 Å². The lowest BCUT2D eigenvalue weighted by atomic mass is 10.0. The second-order valence-corrected chi connectivity index (χ2v) is 19.5. The first-order chi connectivity index (χ1) is 38.1. The van der Waals surface area contributed by atoms with E-state index in [4.69, 9.17) is 0 Å². The average molecular weight is 989 g/mol. The van der Waals surface area contributed by atoms with Gasteiger partial charge in [-0.2, -0.15) is 0 Å². The van der Waals surface area contributed by atoms with Gasteiger partial charge in [0.2, 0.25) is 0 Å². The maximum absolute atomic E-state index is 15.8. The van der Waals surface area contributed by atoms with Gasteiger partial charge in [0.15, 0.2) is 0 Å². The van der Waals surface area contributed by atoms with Crippen LogP contribution >= 0.6 is 0 Å². The summed E-state index contributed by atoms with van der Waals surface area (Å²) in [6.07, 6.45) is 0. The van der Waals surface area contributed by atoms with E-state index in [0.717, 1.165) is 95.1 Å². The zero-order valence-corrected chi connectivity index (χ0v) is 42.0. The second kappa shape index (κ2) is 19.2. The monoisotopic (exact) mass is 988 g/mol. The Morgan fingerprint density at radius 3 is 1.10 bits per heavy atom. The number of fused-ring (bicyclic) bond motifs is 6. The Kier molecular flexibility index (Phi) is 11.3. The third kappa shape index (κ3) is 8.18. The molecule has 5 heteroatoms. The largest absolute Gasteiger partial charge is 0.310 e. The molecule has 0 aliphatic rings. The second-order valence-electron chi connectivity index (χ2n) is 19.5. The minimum absolute atomic E-state index is 0.265. The van der Waals surface area contributed by atoms with Crippen LogP contribution in [0.4, 0.5) is 38.5 Å². The quantitative estimate of drug-likeness (QED) is 0.128. The molecule has 364 valence electrons. The number of hydrogen-bond acceptors (Lipinski definition) is 2. The van der Waals surface area contributed by atoms with Gasteiger partial charge in [-0.3, -0.25) is 0 Å². The molecule has 0 amide bonds. The lowest BCUT2D eigenvalue weighted by molar-refractivity contribution is 0.631. The van der Waals surface area contributed by atoms with E-state index in [2.05, 4.69) is 268 Å². The smallest absolute Gasteiger partial charge is 0.131 e. The van der Waals surface area contributed by atoms with Crippen molar-refractivity contribution in [2.24, 2.45) is 0 Å². The minimum Gasteiger partial charge on any atom is -0.310 e. The van der Waals surface area contributed by atoms with Crippen LogP contribution < -0.4 is 9.80 Å². The van der Waals surface area contributed by atoms with E-state index in [-0.39, 0.29) is 5.82 Å². The van der Waals surface area contributed by atoms with Crippen molar-refractivity contribution >= 4 is 77.7 Å². The Morgan fingerprint density at radius 1 is 0.234 bits per heavy atom. The number of para-hydroxylation sites is 4. The Labute approximate surface area is 446 Å². The highest BCUT2D eigenvalue weighted by Gasteiger charge is 2.21. The zero-order chi connectivity index (χ0) is 51.2. The molecule has 77 heavy (non-hydrogen) atoms. The Hall–Kier alpha value is -10.2. The Balaban J connectivity index is 0.863. The van der Waals surface area contributed by atoms with E-state index in [1.807, 2.05) is 42.5 Å². The molecule has 0 saturated heterocycles. The molecular weight excluding hydrogens is 940 g/mol. The molecule has 0 fully saturated rings. The first kappa shape index (κ1) is 45.4. The van der Waals surface area contributed by atoms with Gasteiger partial charge >= 0.3 is 0 Å². The number of benzene rings is 12. The van der Waals surface area contributed by atoms with Gasteiger partial charge in [-0.1, -0.05) is 170 Å². The van der Waals surface area contributed by atoms with Gasteiger partial charge in [-0.25, -0.2) is 4.39 Å². The fourth-order valence-electron chi connectivity index (χ4n) is 11.4. The predicted molar refractivity (Wildman–Crippen MR) is 321 cm³/mol. The van der Waals surface area contributed by atoms with Crippen molar-refractivity contribution in [3.63, 3.8) is 0 Å². The molecule has 0 spiro atoms. The van der Waals surface area contributed by atoms with E-state index in [1.165, 1.54) is 21.9 Å². The van der Waals surface area contributed by atoms with Gasteiger partial charge in [0.25, 0.3) is 0 Å². The molecule has 4 nitrogen and oxygen atoms in total. The van der Waals surface area contributed by atoms with E-state index in [0.29, 0.717) is 5.56 Å². The fraction of sp³-hybridized carbons (Fsp3) is 0. The molecule has 12 aromatic carbocycles. The predicted octanol–water partition coefficient (Wildman–Crippen LogP) is 20.0. The van der Waals surface area contributed by atoms with Crippen LogP contribution in [0.25, 0.3) is 88.4 Å². The molecule has 0 N–H and O–H groups in total. The van der Waals surface area contributed by atoms with Crippen molar-refractivity contribution in [1.82, 2.24) is 9.13 Å². The van der Waals surface area contributed by atoms with Crippen LogP contribution in [-0.2, 0) is 0 Å². The van der Waals surface area contributed by atoms with Gasteiger partial charge in [0.05, 0.1) is 22.1 Å². The van der Waals surface area contributed by atoms with Crippen LogP contribution in [0, 0.1) is 5.82 Å². The van der Waals surface area contributed by atoms with Crippen molar-refractivity contribution in [3.05, 3.63) is 303 Å². The number of anilines is 6. The van der Waals surface area contributed by atoms with Gasteiger partial charge < -0.3 is 18.9 Å². The lowest BCUT2D eigenvalue weighted by Gasteiger charge is -2.27. The summed E-state index contributed by atoms with van der Waals surface area (Å²) in [4.78, 5) is 4.61. The molecule has 0 bridgehead atoms. The Morgan fingerprint density at radius 2 is 0.597 bits per heavy atom. The summed E-state index contributed by atoms with van der Waals surface area (Å²) in [7, 11) is 0. The number of hydrogen-bond donors (Lipinski definition) is 0. The third-order valence-electron chi connectivity index (χ3n) is 14.9. The third-order valence-corrected chi connectivity index (χ3v) is 14.9. The summed E-state index contributed by atoms with van der Waals surface area (Å²) in [6.45, 7) is 0. The molecule has 14 aromatic rings. The molecule has 0 aliphatic heterocycles. The summed E-state index contributed by atoms with van der Waals surface area (Å²) in [5.41, 5.74) is 18.6. The van der Waals surface area contributed by atoms with Crippen molar-refractivity contribution in [1.29, 1.82) is 0 Å². The highest BCUT2D eigenvalue weighted by Crippen LogP contribution is 2.44. The minimum atomic E-state index is -0.265. The SMILES string of the molecule is Fc1ccc(N(c2ccc(-c3ccc(N(c4cccc(-c5ccccc5)c4)c4ccc5c(c4)c4ccccc4n5-c4ccccc4)cc3)cc2)c2ccc3c(c2)c2ccccc2n3-c2ccccc2)cc1-c1ccccc1. The summed E-state index contributed by atoms with van der Waals surface area (Å²) in [6, 6.07) is 104. The number of rotatable bonds is 11. The van der Waals surface area contributed by atoms with Gasteiger partial charge in [-0.05, 0) is 155 Å². The number of halogens is 1. The van der Waals surface area contributed by atoms with Crippen LogP contribution in [0.5, 0.6) is 0 Å². The molecule has 14 rings (SSSR count). The highest BCUT2D eigenvalue weighted by molar-refractivity contribution is 6.12. The molecule has 2 aromatic heterocycles. The van der Waals surface area contributed by atoms with E-state index >= 15 is 4.39 Å². The van der Waals surface area contributed by atoms with Gasteiger partial charge in [-0.15, -0.1) is 0 Å². The summed E-state index contributed by atoms with van der Waals surface area (Å²) in [5.74, 6) is -0.265. The summed E-state index contributed by atoms with van der Waals surface area (Å²) in [5, 5.41) is 4.69. The summed E-state index contributed by atoms with van der Waals surface area (Å²) < 4.78 is 20.5. The fourth-order valence-corrected chi connectivity index (χ4v) is 11.4. The van der Waals surface area contributed by atoms with Crippen LogP contribution in [0.3, 0.4) is 0 Å².